The molecule has 4 rings (SSSR count). The fourth-order valence-electron chi connectivity index (χ4n) is 2.82. The average Bonchev–Trinajstić information content (AvgIpc) is 3.47. The Balaban J connectivity index is 1.23. The van der Waals surface area contributed by atoms with Crippen molar-refractivity contribution in [1.82, 2.24) is 15.2 Å². The standard InChI is InChI=1S/C19H21N5O2S3/c1-12-4-6-13(7-5-12)15-10-27-18(21-15)22-16(25)11-28-19-24-23-17(29-19)20-9-14-3-2-8-26-14/h4-7,10,14H,2-3,8-9,11H2,1H3,(H,20,23)(H,21,22,25)/t14-/m0/s1. The number of hydrogen-bond donors (Lipinski definition) is 2. The van der Waals surface area contributed by atoms with E-state index in [0.717, 1.165) is 46.7 Å². The summed E-state index contributed by atoms with van der Waals surface area (Å²) in [7, 11) is 0. The number of hydrogen-bond acceptors (Lipinski definition) is 9. The van der Waals surface area contributed by atoms with Crippen LogP contribution in [0.25, 0.3) is 11.3 Å². The number of carbonyl (C=O) groups is 1. The molecule has 2 aromatic heterocycles. The van der Waals surface area contributed by atoms with E-state index in [-0.39, 0.29) is 17.8 Å². The third-order valence-electron chi connectivity index (χ3n) is 4.34. The Labute approximate surface area is 181 Å². The van der Waals surface area contributed by atoms with Crippen molar-refractivity contribution in [2.24, 2.45) is 0 Å². The molecule has 152 valence electrons. The number of aromatic nitrogens is 3. The number of ether oxygens (including phenoxy) is 1. The van der Waals surface area contributed by atoms with Gasteiger partial charge in [0, 0.05) is 24.1 Å². The molecular weight excluding hydrogens is 426 g/mol. The first-order chi connectivity index (χ1) is 14.2. The first-order valence-corrected chi connectivity index (χ1v) is 12.0. The Bertz CT molecular complexity index is 951. The van der Waals surface area contributed by atoms with Crippen molar-refractivity contribution in [2.75, 3.05) is 29.5 Å². The van der Waals surface area contributed by atoms with Gasteiger partial charge in [-0.2, -0.15) is 0 Å². The van der Waals surface area contributed by atoms with Crippen LogP contribution in [0.15, 0.2) is 34.0 Å². The van der Waals surface area contributed by atoms with Gasteiger partial charge < -0.3 is 15.4 Å². The third kappa shape index (κ3) is 5.75. The van der Waals surface area contributed by atoms with Crippen molar-refractivity contribution in [3.63, 3.8) is 0 Å². The summed E-state index contributed by atoms with van der Waals surface area (Å²) in [6, 6.07) is 8.17. The molecule has 0 saturated carbocycles. The Kier molecular flexibility index (Phi) is 6.75. The first-order valence-electron chi connectivity index (χ1n) is 9.30. The van der Waals surface area contributed by atoms with Crippen LogP contribution < -0.4 is 10.6 Å². The Hall–Kier alpha value is -2.01. The molecule has 1 aliphatic rings. The number of thiazole rings is 1. The van der Waals surface area contributed by atoms with E-state index in [4.69, 9.17) is 4.74 Å². The van der Waals surface area contributed by atoms with Gasteiger partial charge >= 0.3 is 0 Å². The van der Waals surface area contributed by atoms with Crippen LogP contribution in [0.2, 0.25) is 0 Å². The number of benzene rings is 1. The molecule has 2 N–H and O–H groups in total. The molecule has 7 nitrogen and oxygen atoms in total. The lowest BCUT2D eigenvalue weighted by molar-refractivity contribution is -0.113. The van der Waals surface area contributed by atoms with E-state index in [2.05, 4.69) is 44.9 Å². The van der Waals surface area contributed by atoms with E-state index < -0.39 is 0 Å². The minimum atomic E-state index is -0.108. The molecule has 1 saturated heterocycles. The number of rotatable bonds is 8. The fraction of sp³-hybridized carbons (Fsp3) is 0.368. The molecule has 0 spiro atoms. The van der Waals surface area contributed by atoms with Crippen molar-refractivity contribution in [3.8, 4) is 11.3 Å². The van der Waals surface area contributed by atoms with Crippen LogP contribution in [0.4, 0.5) is 10.3 Å². The van der Waals surface area contributed by atoms with Crippen molar-refractivity contribution in [1.29, 1.82) is 0 Å². The Morgan fingerprint density at radius 1 is 1.28 bits per heavy atom. The van der Waals surface area contributed by atoms with Gasteiger partial charge in [-0.3, -0.25) is 4.79 Å². The van der Waals surface area contributed by atoms with Gasteiger partial charge in [-0.05, 0) is 19.8 Å². The zero-order chi connectivity index (χ0) is 20.1. The van der Waals surface area contributed by atoms with E-state index in [1.54, 1.807) is 0 Å². The molecule has 1 fully saturated rings. The minimum absolute atomic E-state index is 0.108. The van der Waals surface area contributed by atoms with E-state index in [0.29, 0.717) is 5.13 Å². The summed E-state index contributed by atoms with van der Waals surface area (Å²) in [6.45, 7) is 3.63. The highest BCUT2D eigenvalue weighted by atomic mass is 32.2. The van der Waals surface area contributed by atoms with Gasteiger partial charge in [0.15, 0.2) is 9.47 Å². The second-order valence-corrected chi connectivity index (χ2v) is 9.69. The third-order valence-corrected chi connectivity index (χ3v) is 7.11. The highest BCUT2D eigenvalue weighted by Gasteiger charge is 2.16. The molecule has 0 aliphatic carbocycles. The van der Waals surface area contributed by atoms with Crippen LogP contribution >= 0.6 is 34.4 Å². The van der Waals surface area contributed by atoms with Crippen molar-refractivity contribution >= 4 is 50.6 Å². The summed E-state index contributed by atoms with van der Waals surface area (Å²) in [5, 5.41) is 17.7. The molecule has 0 radical (unpaired) electrons. The number of nitrogens with one attached hydrogen (secondary N) is 2. The molecule has 3 heterocycles. The number of anilines is 2. The monoisotopic (exact) mass is 447 g/mol. The summed E-state index contributed by atoms with van der Waals surface area (Å²) in [5.74, 6) is 0.156. The minimum Gasteiger partial charge on any atom is -0.376 e. The fourth-order valence-corrected chi connectivity index (χ4v) is 5.11. The lowest BCUT2D eigenvalue weighted by Crippen LogP contribution is -2.18. The molecule has 0 unspecified atom stereocenters. The number of nitrogens with zero attached hydrogens (tertiary/aromatic N) is 3. The van der Waals surface area contributed by atoms with Gasteiger partial charge in [0.25, 0.3) is 0 Å². The molecule has 29 heavy (non-hydrogen) atoms. The first kappa shape index (κ1) is 20.3. The summed E-state index contributed by atoms with van der Waals surface area (Å²) < 4.78 is 6.34. The zero-order valence-electron chi connectivity index (χ0n) is 15.9. The van der Waals surface area contributed by atoms with Gasteiger partial charge in [-0.15, -0.1) is 21.5 Å². The van der Waals surface area contributed by atoms with Crippen LogP contribution in [-0.2, 0) is 9.53 Å². The van der Waals surface area contributed by atoms with Gasteiger partial charge in [0.1, 0.15) is 0 Å². The van der Waals surface area contributed by atoms with E-state index in [9.17, 15) is 4.79 Å². The summed E-state index contributed by atoms with van der Waals surface area (Å²) in [6.07, 6.45) is 2.45. The van der Waals surface area contributed by atoms with Gasteiger partial charge in [-0.25, -0.2) is 4.98 Å². The predicted molar refractivity (Wildman–Crippen MR) is 119 cm³/mol. The van der Waals surface area contributed by atoms with Crippen LogP contribution in [0.3, 0.4) is 0 Å². The topological polar surface area (TPSA) is 89.0 Å². The lowest BCUT2D eigenvalue weighted by atomic mass is 10.1. The normalized spacial score (nSPS) is 16.1. The predicted octanol–water partition coefficient (Wildman–Crippen LogP) is 4.29. The molecule has 0 bridgehead atoms. The van der Waals surface area contributed by atoms with Crippen LogP contribution in [0.1, 0.15) is 18.4 Å². The summed E-state index contributed by atoms with van der Waals surface area (Å²) in [5.41, 5.74) is 3.11. The second kappa shape index (κ2) is 9.66. The summed E-state index contributed by atoms with van der Waals surface area (Å²) in [4.78, 5) is 16.7. The quantitative estimate of drug-likeness (QED) is 0.498. The number of amides is 1. The lowest BCUT2D eigenvalue weighted by Gasteiger charge is -2.08. The second-order valence-electron chi connectivity index (χ2n) is 6.63. The summed E-state index contributed by atoms with van der Waals surface area (Å²) >= 11 is 4.24. The van der Waals surface area contributed by atoms with E-state index >= 15 is 0 Å². The Morgan fingerprint density at radius 2 is 2.14 bits per heavy atom. The van der Waals surface area contributed by atoms with E-state index in [1.807, 2.05) is 17.5 Å². The van der Waals surface area contributed by atoms with Crippen molar-refractivity contribution in [3.05, 3.63) is 35.2 Å². The molecule has 1 atom stereocenters. The zero-order valence-corrected chi connectivity index (χ0v) is 18.3. The molecule has 1 aromatic carbocycles. The highest BCUT2D eigenvalue weighted by molar-refractivity contribution is 8.01. The molecule has 1 amide bonds. The van der Waals surface area contributed by atoms with Crippen molar-refractivity contribution in [2.45, 2.75) is 30.2 Å². The van der Waals surface area contributed by atoms with Crippen LogP contribution in [0, 0.1) is 6.92 Å². The highest BCUT2D eigenvalue weighted by Crippen LogP contribution is 2.27. The van der Waals surface area contributed by atoms with Gasteiger partial charge in [-0.1, -0.05) is 52.9 Å². The van der Waals surface area contributed by atoms with Gasteiger partial charge in [0.2, 0.25) is 11.0 Å². The van der Waals surface area contributed by atoms with Crippen LogP contribution in [-0.4, -0.2) is 46.1 Å². The largest absolute Gasteiger partial charge is 0.376 e. The van der Waals surface area contributed by atoms with Crippen LogP contribution in [0.5, 0.6) is 0 Å². The smallest absolute Gasteiger partial charge is 0.236 e. The van der Waals surface area contributed by atoms with Crippen molar-refractivity contribution < 1.29 is 9.53 Å². The molecular formula is C19H21N5O2S3. The molecule has 1 aliphatic heterocycles. The SMILES string of the molecule is Cc1ccc(-c2csc(NC(=O)CSc3nnc(NC[C@@H]4CCCO4)s3)n2)cc1. The number of aryl methyl sites for hydroxylation is 1. The maximum Gasteiger partial charge on any atom is 0.236 e. The molecule has 3 aromatic rings. The number of carbonyl (C=O) groups excluding carboxylic acids is 1. The van der Waals surface area contributed by atoms with Gasteiger partial charge in [0.05, 0.1) is 17.6 Å². The Morgan fingerprint density at radius 3 is 2.93 bits per heavy atom. The molecule has 10 heteroatoms. The maximum atomic E-state index is 12.2. The maximum absolute atomic E-state index is 12.2. The number of thioether (sulfide) groups is 1. The average molecular weight is 448 g/mol. The van der Waals surface area contributed by atoms with E-state index in [1.165, 1.54) is 40.0 Å².